The average molecular weight is 327 g/mol. The Hall–Kier alpha value is -1.10. The minimum absolute atomic E-state index is 0. The highest BCUT2D eigenvalue weighted by Gasteiger charge is 2.19. The number of hydrogen-bond donors (Lipinski definition) is 2. The molecule has 2 N–H and O–H groups in total. The fraction of sp³-hybridized carbons (Fsp3) is 0.588. The van der Waals surface area contributed by atoms with Crippen molar-refractivity contribution in [3.63, 3.8) is 0 Å². The van der Waals surface area contributed by atoms with E-state index in [1.807, 2.05) is 18.2 Å². The molecule has 22 heavy (non-hydrogen) atoms. The van der Waals surface area contributed by atoms with E-state index in [2.05, 4.69) is 37.5 Å². The molecule has 2 rings (SSSR count). The van der Waals surface area contributed by atoms with Gasteiger partial charge in [-0.15, -0.1) is 12.4 Å². The summed E-state index contributed by atoms with van der Waals surface area (Å²) in [5.41, 5.74) is 2.06. The first kappa shape index (κ1) is 18.9. The molecule has 1 fully saturated rings. The maximum Gasteiger partial charge on any atom is 0.238 e. The van der Waals surface area contributed by atoms with Crippen LogP contribution in [0.4, 0.5) is 5.69 Å². The summed E-state index contributed by atoms with van der Waals surface area (Å²) in [4.78, 5) is 12.1. The van der Waals surface area contributed by atoms with E-state index in [1.54, 1.807) is 0 Å². The first-order valence-electron chi connectivity index (χ1n) is 7.68. The molecule has 1 amide bonds. The van der Waals surface area contributed by atoms with E-state index in [-0.39, 0.29) is 29.8 Å². The number of hydrogen-bond acceptors (Lipinski definition) is 3. The van der Waals surface area contributed by atoms with E-state index in [0.717, 1.165) is 37.2 Å². The molecule has 0 aliphatic carbocycles. The Morgan fingerprint density at radius 2 is 2.05 bits per heavy atom. The van der Waals surface area contributed by atoms with E-state index < -0.39 is 0 Å². The molecule has 1 atom stereocenters. The van der Waals surface area contributed by atoms with Crippen molar-refractivity contribution in [1.29, 1.82) is 0 Å². The molecule has 1 aliphatic rings. The second kappa shape index (κ2) is 8.51. The smallest absolute Gasteiger partial charge is 0.238 e. The lowest BCUT2D eigenvalue weighted by molar-refractivity contribution is -0.115. The van der Waals surface area contributed by atoms with Crippen molar-refractivity contribution in [2.24, 2.45) is 0 Å². The monoisotopic (exact) mass is 326 g/mol. The summed E-state index contributed by atoms with van der Waals surface area (Å²) in [6.45, 7) is 8.35. The highest BCUT2D eigenvalue weighted by Crippen LogP contribution is 2.29. The Morgan fingerprint density at radius 3 is 2.68 bits per heavy atom. The maximum atomic E-state index is 12.1. The van der Waals surface area contributed by atoms with E-state index in [0.29, 0.717) is 6.54 Å². The van der Waals surface area contributed by atoms with Gasteiger partial charge < -0.3 is 15.4 Å². The maximum absolute atomic E-state index is 12.1. The topological polar surface area (TPSA) is 50.4 Å². The number of rotatable bonds is 5. The Kier molecular flexibility index (Phi) is 7.33. The highest BCUT2D eigenvalue weighted by atomic mass is 35.5. The van der Waals surface area contributed by atoms with Gasteiger partial charge in [-0.2, -0.15) is 0 Å². The Morgan fingerprint density at radius 1 is 1.32 bits per heavy atom. The molecule has 1 aliphatic heterocycles. The Labute approximate surface area is 139 Å². The van der Waals surface area contributed by atoms with Crippen LogP contribution in [0, 0.1) is 0 Å². The molecule has 1 heterocycles. The third-order valence-corrected chi connectivity index (χ3v) is 3.69. The summed E-state index contributed by atoms with van der Waals surface area (Å²) >= 11 is 0. The van der Waals surface area contributed by atoms with Gasteiger partial charge in [0.2, 0.25) is 5.91 Å². The van der Waals surface area contributed by atoms with Crippen LogP contribution in [0.15, 0.2) is 24.3 Å². The van der Waals surface area contributed by atoms with Crippen LogP contribution >= 0.6 is 12.4 Å². The minimum atomic E-state index is -0.00954. The summed E-state index contributed by atoms with van der Waals surface area (Å²) in [6, 6.07) is 7.98. The van der Waals surface area contributed by atoms with Crippen molar-refractivity contribution in [3.05, 3.63) is 29.8 Å². The highest BCUT2D eigenvalue weighted by molar-refractivity contribution is 5.93. The van der Waals surface area contributed by atoms with Gasteiger partial charge in [-0.25, -0.2) is 0 Å². The van der Waals surface area contributed by atoms with Crippen molar-refractivity contribution in [2.45, 2.75) is 45.1 Å². The molecule has 0 spiro atoms. The normalized spacial score (nSPS) is 17.9. The van der Waals surface area contributed by atoms with Gasteiger partial charge >= 0.3 is 0 Å². The van der Waals surface area contributed by atoms with Gasteiger partial charge in [0.25, 0.3) is 0 Å². The number of ether oxygens (including phenoxy) is 1. The predicted octanol–water partition coefficient (Wildman–Crippen LogP) is 3.11. The third-order valence-electron chi connectivity index (χ3n) is 3.69. The molecule has 4 nitrogen and oxygen atoms in total. The van der Waals surface area contributed by atoms with Crippen LogP contribution in [0.3, 0.4) is 0 Å². The van der Waals surface area contributed by atoms with Crippen LogP contribution in [0.2, 0.25) is 0 Å². The van der Waals surface area contributed by atoms with Crippen LogP contribution in [0.1, 0.15) is 39.2 Å². The molecule has 5 heteroatoms. The Bertz CT molecular complexity index is 480. The van der Waals surface area contributed by atoms with Gasteiger partial charge in [-0.3, -0.25) is 4.79 Å². The Balaban J connectivity index is 0.00000242. The molecule has 1 aromatic carbocycles. The van der Waals surface area contributed by atoms with Crippen molar-refractivity contribution in [3.8, 4) is 0 Å². The van der Waals surface area contributed by atoms with Crippen molar-refractivity contribution in [1.82, 2.24) is 5.32 Å². The number of para-hydroxylation sites is 1. The molecule has 0 bridgehead atoms. The van der Waals surface area contributed by atoms with Crippen molar-refractivity contribution in [2.75, 3.05) is 25.0 Å². The van der Waals surface area contributed by atoms with Gasteiger partial charge in [0.15, 0.2) is 0 Å². The van der Waals surface area contributed by atoms with Gasteiger partial charge in [0.05, 0.1) is 12.6 Å². The second-order valence-electron chi connectivity index (χ2n) is 6.61. The van der Waals surface area contributed by atoms with Gasteiger partial charge in [0, 0.05) is 18.8 Å². The summed E-state index contributed by atoms with van der Waals surface area (Å²) in [7, 11) is 0. The summed E-state index contributed by atoms with van der Waals surface area (Å²) in [6.07, 6.45) is 2.47. The van der Waals surface area contributed by atoms with E-state index in [4.69, 9.17) is 4.74 Å². The minimum Gasteiger partial charge on any atom is -0.377 e. The predicted molar refractivity (Wildman–Crippen MR) is 92.9 cm³/mol. The molecule has 0 radical (unpaired) electrons. The average Bonchev–Trinajstić information content (AvgIpc) is 2.91. The number of nitrogens with one attached hydrogen (secondary N) is 2. The van der Waals surface area contributed by atoms with E-state index >= 15 is 0 Å². The second-order valence-corrected chi connectivity index (χ2v) is 6.61. The van der Waals surface area contributed by atoms with Crippen LogP contribution in [0.25, 0.3) is 0 Å². The lowest BCUT2D eigenvalue weighted by atomic mass is 9.86. The van der Waals surface area contributed by atoms with Crippen LogP contribution in [0.5, 0.6) is 0 Å². The molecule has 1 saturated heterocycles. The first-order chi connectivity index (χ1) is 9.97. The van der Waals surface area contributed by atoms with Crippen LogP contribution in [-0.4, -0.2) is 31.7 Å². The molecular weight excluding hydrogens is 300 g/mol. The number of benzene rings is 1. The zero-order valence-corrected chi connectivity index (χ0v) is 14.5. The third kappa shape index (κ3) is 5.59. The van der Waals surface area contributed by atoms with Crippen LogP contribution in [-0.2, 0) is 14.9 Å². The molecule has 0 saturated carbocycles. The molecule has 0 aromatic heterocycles. The van der Waals surface area contributed by atoms with Crippen molar-refractivity contribution < 1.29 is 9.53 Å². The SMILES string of the molecule is CC(C)(C)c1ccccc1NC(=O)CNCC1CCCO1.Cl. The summed E-state index contributed by atoms with van der Waals surface area (Å²) < 4.78 is 5.52. The number of halogens is 1. The molecule has 124 valence electrons. The molecular formula is C17H27ClN2O2. The first-order valence-corrected chi connectivity index (χ1v) is 7.68. The summed E-state index contributed by atoms with van der Waals surface area (Å²) in [5.74, 6) is -0.00954. The molecule has 1 aromatic rings. The quantitative estimate of drug-likeness (QED) is 0.874. The zero-order chi connectivity index (χ0) is 15.3. The fourth-order valence-corrected chi connectivity index (χ4v) is 2.59. The number of carbonyl (C=O) groups excluding carboxylic acids is 1. The van der Waals surface area contributed by atoms with Gasteiger partial charge in [0.1, 0.15) is 0 Å². The standard InChI is InChI=1S/C17H26N2O2.ClH/c1-17(2,3)14-8-4-5-9-15(14)19-16(20)12-18-11-13-7-6-10-21-13;/h4-5,8-9,13,18H,6-7,10-12H2,1-3H3,(H,19,20);1H. The van der Waals surface area contributed by atoms with E-state index in [9.17, 15) is 4.79 Å². The fourth-order valence-electron chi connectivity index (χ4n) is 2.59. The largest absolute Gasteiger partial charge is 0.377 e. The number of carbonyl (C=O) groups is 1. The zero-order valence-electron chi connectivity index (χ0n) is 13.6. The van der Waals surface area contributed by atoms with E-state index in [1.165, 1.54) is 0 Å². The number of amides is 1. The summed E-state index contributed by atoms with van der Waals surface area (Å²) in [5, 5.41) is 6.17. The van der Waals surface area contributed by atoms with Gasteiger partial charge in [-0.05, 0) is 29.9 Å². The van der Waals surface area contributed by atoms with Gasteiger partial charge in [-0.1, -0.05) is 39.0 Å². The lowest BCUT2D eigenvalue weighted by Gasteiger charge is -2.23. The molecule has 1 unspecified atom stereocenters. The number of anilines is 1. The van der Waals surface area contributed by atoms with Crippen LogP contribution < -0.4 is 10.6 Å². The van der Waals surface area contributed by atoms with Crippen molar-refractivity contribution >= 4 is 24.0 Å². The lowest BCUT2D eigenvalue weighted by Crippen LogP contribution is -2.34.